The Labute approximate surface area is 92.8 Å². The second-order valence-corrected chi connectivity index (χ2v) is 5.69. The first-order chi connectivity index (χ1) is 7.02. The molecule has 1 aromatic rings. The van der Waals surface area contributed by atoms with Crippen molar-refractivity contribution in [3.8, 4) is 0 Å². The summed E-state index contributed by atoms with van der Waals surface area (Å²) in [5, 5.41) is 3.18. The highest BCUT2D eigenvalue weighted by atomic mass is 32.2. The minimum Gasteiger partial charge on any atom is -0.375 e. The monoisotopic (exact) mass is 245 g/mol. The van der Waals surface area contributed by atoms with Gasteiger partial charge in [0.15, 0.2) is 0 Å². The maximum atomic E-state index is 11.0. The van der Waals surface area contributed by atoms with Gasteiger partial charge in [0.2, 0.25) is 0 Å². The summed E-state index contributed by atoms with van der Waals surface area (Å²) in [4.78, 5) is 0.872. The van der Waals surface area contributed by atoms with Crippen LogP contribution in [0.4, 0.5) is 5.69 Å². The van der Waals surface area contributed by atoms with Crippen LogP contribution in [-0.4, -0.2) is 18.8 Å². The van der Waals surface area contributed by atoms with Crippen LogP contribution < -0.4 is 5.32 Å². The lowest BCUT2D eigenvalue weighted by Crippen LogP contribution is -2.01. The zero-order valence-corrected chi connectivity index (χ0v) is 9.78. The predicted octanol–water partition coefficient (Wildman–Crippen LogP) is 1.97. The molecule has 82 valence electrons. The van der Waals surface area contributed by atoms with Gasteiger partial charge in [-0.05, 0) is 24.1 Å². The number of thioether (sulfide) groups is 1. The Morgan fingerprint density at radius 2 is 2.27 bits per heavy atom. The molecule has 1 aliphatic heterocycles. The first-order valence-electron chi connectivity index (χ1n) is 4.53. The van der Waals surface area contributed by atoms with E-state index in [1.165, 1.54) is 12.1 Å². The Bertz CT molecular complexity index is 496. The molecule has 0 fully saturated rings. The number of benzene rings is 1. The zero-order valence-electron chi connectivity index (χ0n) is 8.15. The molecule has 0 saturated heterocycles. The quantitative estimate of drug-likeness (QED) is 0.780. The molecule has 1 aromatic carbocycles. The lowest BCUT2D eigenvalue weighted by Gasteiger charge is -2.07. The molecule has 0 bridgehead atoms. The number of hydrogen-bond acceptors (Lipinski definition) is 4. The number of hydrogen-bond donors (Lipinski definition) is 2. The van der Waals surface area contributed by atoms with E-state index < -0.39 is 10.1 Å². The highest BCUT2D eigenvalue weighted by Crippen LogP contribution is 2.38. The standard InChI is InChI=1S/C9H11NO3S2/c1-2-6-3-7(15(11,12)13)4-8-9(6)10-5-14-8/h3-4,10H,2,5H2,1H3,(H,11,12,13). The van der Waals surface area contributed by atoms with E-state index >= 15 is 0 Å². The van der Waals surface area contributed by atoms with Crippen molar-refractivity contribution < 1.29 is 13.0 Å². The van der Waals surface area contributed by atoms with Crippen molar-refractivity contribution in [1.82, 2.24) is 0 Å². The normalized spacial score (nSPS) is 14.8. The SMILES string of the molecule is CCc1cc(S(=O)(=O)O)cc2c1NCS2. The third kappa shape index (κ3) is 1.97. The number of fused-ring (bicyclic) bond motifs is 1. The van der Waals surface area contributed by atoms with E-state index in [-0.39, 0.29) is 4.90 Å². The maximum absolute atomic E-state index is 11.0. The summed E-state index contributed by atoms with van der Waals surface area (Å²) in [5.74, 6) is 0.747. The fraction of sp³-hybridized carbons (Fsp3) is 0.333. The molecule has 1 aliphatic rings. The molecule has 2 N–H and O–H groups in total. The van der Waals surface area contributed by atoms with Gasteiger partial charge < -0.3 is 5.32 Å². The van der Waals surface area contributed by atoms with Gasteiger partial charge in [-0.15, -0.1) is 11.8 Å². The van der Waals surface area contributed by atoms with Crippen LogP contribution >= 0.6 is 11.8 Å². The average Bonchev–Trinajstić information content (AvgIpc) is 2.62. The molecule has 0 amide bonds. The van der Waals surface area contributed by atoms with Crippen LogP contribution in [-0.2, 0) is 16.5 Å². The van der Waals surface area contributed by atoms with Crippen LogP contribution in [0, 0.1) is 0 Å². The van der Waals surface area contributed by atoms with Gasteiger partial charge in [-0.2, -0.15) is 8.42 Å². The second-order valence-electron chi connectivity index (χ2n) is 3.25. The van der Waals surface area contributed by atoms with Crippen LogP contribution in [0.15, 0.2) is 21.9 Å². The van der Waals surface area contributed by atoms with Gasteiger partial charge in [0.05, 0.1) is 16.5 Å². The topological polar surface area (TPSA) is 66.4 Å². The van der Waals surface area contributed by atoms with E-state index in [1.807, 2.05) is 6.92 Å². The predicted molar refractivity (Wildman–Crippen MR) is 60.0 cm³/mol. The van der Waals surface area contributed by atoms with Crippen LogP contribution in [0.25, 0.3) is 0 Å². The third-order valence-corrected chi connectivity index (χ3v) is 4.07. The van der Waals surface area contributed by atoms with Gasteiger partial charge in [0.1, 0.15) is 0 Å². The van der Waals surface area contributed by atoms with Gasteiger partial charge >= 0.3 is 0 Å². The van der Waals surface area contributed by atoms with Crippen molar-refractivity contribution in [1.29, 1.82) is 0 Å². The van der Waals surface area contributed by atoms with Crippen LogP contribution in [0.1, 0.15) is 12.5 Å². The first kappa shape index (κ1) is 10.8. The molecule has 0 unspecified atom stereocenters. The van der Waals surface area contributed by atoms with Crippen molar-refractivity contribution >= 4 is 27.6 Å². The molecule has 0 atom stereocenters. The van der Waals surface area contributed by atoms with Crippen LogP contribution in [0.5, 0.6) is 0 Å². The summed E-state index contributed by atoms with van der Waals surface area (Å²) in [5.41, 5.74) is 1.92. The second kappa shape index (κ2) is 3.70. The van der Waals surface area contributed by atoms with Crippen LogP contribution in [0.2, 0.25) is 0 Å². The number of rotatable bonds is 2. The van der Waals surface area contributed by atoms with E-state index in [1.54, 1.807) is 11.8 Å². The summed E-state index contributed by atoms with van der Waals surface area (Å²) in [7, 11) is -4.10. The lowest BCUT2D eigenvalue weighted by molar-refractivity contribution is 0.483. The summed E-state index contributed by atoms with van der Waals surface area (Å²) in [6, 6.07) is 3.03. The summed E-state index contributed by atoms with van der Waals surface area (Å²) in [6.45, 7) is 1.95. The van der Waals surface area contributed by atoms with Crippen molar-refractivity contribution in [3.05, 3.63) is 17.7 Å². The number of nitrogens with one attached hydrogen (secondary N) is 1. The molecule has 0 aromatic heterocycles. The molecule has 0 aliphatic carbocycles. The maximum Gasteiger partial charge on any atom is 0.294 e. The van der Waals surface area contributed by atoms with Crippen molar-refractivity contribution in [3.63, 3.8) is 0 Å². The highest BCUT2D eigenvalue weighted by molar-refractivity contribution is 7.99. The van der Waals surface area contributed by atoms with E-state index in [9.17, 15) is 8.42 Å². The van der Waals surface area contributed by atoms with E-state index in [4.69, 9.17) is 4.55 Å². The molecular weight excluding hydrogens is 234 g/mol. The van der Waals surface area contributed by atoms with Crippen molar-refractivity contribution in [2.75, 3.05) is 11.2 Å². The van der Waals surface area contributed by atoms with Gasteiger partial charge in [0.25, 0.3) is 10.1 Å². The third-order valence-electron chi connectivity index (χ3n) is 2.31. The molecule has 0 spiro atoms. The molecular formula is C9H11NO3S2. The molecule has 6 heteroatoms. The van der Waals surface area contributed by atoms with Gasteiger partial charge in [-0.3, -0.25) is 4.55 Å². The zero-order chi connectivity index (χ0) is 11.1. The Kier molecular flexibility index (Phi) is 2.66. The smallest absolute Gasteiger partial charge is 0.294 e. The molecule has 15 heavy (non-hydrogen) atoms. The van der Waals surface area contributed by atoms with Gasteiger partial charge in [-0.25, -0.2) is 0 Å². The lowest BCUT2D eigenvalue weighted by atomic mass is 10.1. The minimum absolute atomic E-state index is 0.0192. The Morgan fingerprint density at radius 3 is 2.87 bits per heavy atom. The van der Waals surface area contributed by atoms with E-state index in [0.29, 0.717) is 0 Å². The molecule has 0 radical (unpaired) electrons. The van der Waals surface area contributed by atoms with E-state index in [0.717, 1.165) is 28.4 Å². The Morgan fingerprint density at radius 1 is 1.53 bits per heavy atom. The fourth-order valence-corrected chi connectivity index (χ4v) is 3.14. The van der Waals surface area contributed by atoms with Crippen LogP contribution in [0.3, 0.4) is 0 Å². The van der Waals surface area contributed by atoms with Crippen molar-refractivity contribution in [2.24, 2.45) is 0 Å². The Balaban J connectivity index is 2.63. The van der Waals surface area contributed by atoms with Crippen molar-refractivity contribution in [2.45, 2.75) is 23.1 Å². The first-order valence-corrected chi connectivity index (χ1v) is 6.96. The Hall–Kier alpha value is -0.720. The number of aryl methyl sites for hydroxylation is 1. The average molecular weight is 245 g/mol. The number of anilines is 1. The summed E-state index contributed by atoms with van der Waals surface area (Å²) in [6.07, 6.45) is 0.735. The highest BCUT2D eigenvalue weighted by Gasteiger charge is 2.19. The molecule has 1 heterocycles. The molecule has 0 saturated carbocycles. The van der Waals surface area contributed by atoms with Gasteiger partial charge in [0, 0.05) is 4.90 Å². The fourth-order valence-electron chi connectivity index (χ4n) is 1.57. The summed E-state index contributed by atoms with van der Waals surface area (Å²) >= 11 is 1.54. The summed E-state index contributed by atoms with van der Waals surface area (Å²) < 4.78 is 31.0. The van der Waals surface area contributed by atoms with Gasteiger partial charge in [-0.1, -0.05) is 6.92 Å². The van der Waals surface area contributed by atoms with E-state index in [2.05, 4.69) is 5.32 Å². The molecule has 4 nitrogen and oxygen atoms in total. The minimum atomic E-state index is -4.10. The molecule has 2 rings (SSSR count). The largest absolute Gasteiger partial charge is 0.375 e.